The number of piperazine rings is 1. The molecule has 1 aliphatic rings. The maximum Gasteiger partial charge on any atom is 0.249 e. The first-order chi connectivity index (χ1) is 11.1. The summed E-state index contributed by atoms with van der Waals surface area (Å²) in [6.07, 6.45) is 0. The van der Waals surface area contributed by atoms with Crippen LogP contribution in [-0.4, -0.2) is 29.8 Å². The number of rotatable bonds is 4. The van der Waals surface area contributed by atoms with Crippen LogP contribution in [0, 0.1) is 6.92 Å². The van der Waals surface area contributed by atoms with E-state index in [0.29, 0.717) is 18.7 Å². The Hall–Kier alpha value is -2.18. The van der Waals surface area contributed by atoms with Crippen LogP contribution >= 0.6 is 11.3 Å². The number of nitrogens with two attached hydrogens (primary N) is 1. The van der Waals surface area contributed by atoms with E-state index in [9.17, 15) is 9.59 Å². The van der Waals surface area contributed by atoms with E-state index in [-0.39, 0.29) is 11.9 Å². The number of amides is 2. The average molecular weight is 329 g/mol. The first-order valence-electron chi connectivity index (χ1n) is 7.51. The molecule has 1 unspecified atom stereocenters. The van der Waals surface area contributed by atoms with Crippen molar-refractivity contribution in [2.24, 2.45) is 5.73 Å². The van der Waals surface area contributed by atoms with Crippen molar-refractivity contribution in [2.45, 2.75) is 19.5 Å². The summed E-state index contributed by atoms with van der Waals surface area (Å²) in [5.74, 6) is -0.392. The van der Waals surface area contributed by atoms with Crippen molar-refractivity contribution in [3.63, 3.8) is 0 Å². The quantitative estimate of drug-likeness (QED) is 0.898. The van der Waals surface area contributed by atoms with Gasteiger partial charge in [0, 0.05) is 29.9 Å². The van der Waals surface area contributed by atoms with Crippen LogP contribution in [0.5, 0.6) is 0 Å². The van der Waals surface area contributed by atoms with Crippen molar-refractivity contribution in [1.82, 2.24) is 10.2 Å². The lowest BCUT2D eigenvalue weighted by atomic mass is 9.97. The van der Waals surface area contributed by atoms with Gasteiger partial charge in [0.1, 0.15) is 6.04 Å². The monoisotopic (exact) mass is 329 g/mol. The topological polar surface area (TPSA) is 75.4 Å². The number of hydrogen-bond donors (Lipinski definition) is 2. The van der Waals surface area contributed by atoms with Crippen LogP contribution in [0.25, 0.3) is 0 Å². The molecule has 0 radical (unpaired) electrons. The van der Waals surface area contributed by atoms with Crippen LogP contribution in [0.4, 0.5) is 0 Å². The minimum absolute atomic E-state index is 0.0252. The van der Waals surface area contributed by atoms with Gasteiger partial charge in [-0.05, 0) is 24.1 Å². The third-order valence-electron chi connectivity index (χ3n) is 4.09. The molecule has 3 N–H and O–H groups in total. The summed E-state index contributed by atoms with van der Waals surface area (Å²) in [5.41, 5.74) is 7.96. The van der Waals surface area contributed by atoms with Gasteiger partial charge < -0.3 is 11.1 Å². The molecular formula is C17H19N3O2S. The van der Waals surface area contributed by atoms with Gasteiger partial charge in [-0.1, -0.05) is 24.3 Å². The Labute approximate surface area is 139 Å². The fourth-order valence-corrected chi connectivity index (χ4v) is 3.81. The normalized spacial score (nSPS) is 18.7. The van der Waals surface area contributed by atoms with Gasteiger partial charge in [0.15, 0.2) is 0 Å². The molecular weight excluding hydrogens is 310 g/mol. The second kappa shape index (κ2) is 6.52. The summed E-state index contributed by atoms with van der Waals surface area (Å²) in [4.78, 5) is 26.9. The molecule has 1 aromatic carbocycles. The highest BCUT2D eigenvalue weighted by Crippen LogP contribution is 2.28. The number of thiophene rings is 1. The average Bonchev–Trinajstić information content (AvgIpc) is 2.98. The summed E-state index contributed by atoms with van der Waals surface area (Å²) in [6, 6.07) is 9.46. The second-order valence-corrected chi connectivity index (χ2v) is 6.68. The second-order valence-electron chi connectivity index (χ2n) is 5.69. The first-order valence-corrected chi connectivity index (χ1v) is 8.38. The molecule has 2 amide bonds. The van der Waals surface area contributed by atoms with Crippen LogP contribution in [-0.2, 0) is 11.3 Å². The van der Waals surface area contributed by atoms with E-state index < -0.39 is 5.91 Å². The molecule has 2 aromatic rings. The van der Waals surface area contributed by atoms with E-state index in [1.54, 1.807) is 5.38 Å². The van der Waals surface area contributed by atoms with Crippen LogP contribution in [0.1, 0.15) is 32.4 Å². The zero-order chi connectivity index (χ0) is 16.4. The van der Waals surface area contributed by atoms with Gasteiger partial charge in [0.2, 0.25) is 11.8 Å². The van der Waals surface area contributed by atoms with Gasteiger partial charge in [-0.3, -0.25) is 14.5 Å². The summed E-state index contributed by atoms with van der Waals surface area (Å²) < 4.78 is 0. The molecule has 3 rings (SSSR count). The number of carbonyl (C=O) groups excluding carboxylic acids is 2. The molecule has 5 nitrogen and oxygen atoms in total. The molecule has 0 saturated carbocycles. The zero-order valence-corrected chi connectivity index (χ0v) is 13.7. The van der Waals surface area contributed by atoms with E-state index in [0.717, 1.165) is 22.5 Å². The minimum Gasteiger partial charge on any atom is -0.366 e. The van der Waals surface area contributed by atoms with Crippen LogP contribution in [0.15, 0.2) is 35.7 Å². The van der Waals surface area contributed by atoms with E-state index >= 15 is 0 Å². The van der Waals surface area contributed by atoms with Gasteiger partial charge in [0.05, 0.1) is 5.56 Å². The third kappa shape index (κ3) is 3.28. The predicted octanol–water partition coefficient (Wildman–Crippen LogP) is 1.83. The van der Waals surface area contributed by atoms with E-state index in [1.807, 2.05) is 37.3 Å². The van der Waals surface area contributed by atoms with Crippen molar-refractivity contribution < 1.29 is 9.59 Å². The number of primary amides is 1. The maximum atomic E-state index is 12.4. The largest absolute Gasteiger partial charge is 0.366 e. The summed E-state index contributed by atoms with van der Waals surface area (Å²) in [5, 5.41) is 4.71. The van der Waals surface area contributed by atoms with E-state index in [4.69, 9.17) is 5.73 Å². The van der Waals surface area contributed by atoms with Crippen LogP contribution < -0.4 is 11.1 Å². The fourth-order valence-electron chi connectivity index (χ4n) is 2.91. The SMILES string of the molecule is Cc1ccccc1C1C(=O)NCCN1Cc1cc(C(N)=O)cs1. The van der Waals surface area contributed by atoms with Crippen molar-refractivity contribution in [3.8, 4) is 0 Å². The molecule has 1 fully saturated rings. The van der Waals surface area contributed by atoms with Crippen molar-refractivity contribution in [2.75, 3.05) is 13.1 Å². The molecule has 1 atom stereocenters. The zero-order valence-electron chi connectivity index (χ0n) is 12.9. The molecule has 1 aromatic heterocycles. The number of nitrogens with one attached hydrogen (secondary N) is 1. The maximum absolute atomic E-state index is 12.4. The Morgan fingerprint density at radius 3 is 2.91 bits per heavy atom. The Bertz CT molecular complexity index is 741. The predicted molar refractivity (Wildman–Crippen MR) is 90.2 cm³/mol. The number of hydrogen-bond acceptors (Lipinski definition) is 4. The molecule has 0 bridgehead atoms. The Morgan fingerprint density at radius 2 is 2.22 bits per heavy atom. The minimum atomic E-state index is -0.417. The van der Waals surface area contributed by atoms with E-state index in [1.165, 1.54) is 11.3 Å². The number of nitrogens with zero attached hydrogens (tertiary/aromatic N) is 1. The van der Waals surface area contributed by atoms with Crippen molar-refractivity contribution in [1.29, 1.82) is 0 Å². The lowest BCUT2D eigenvalue weighted by Crippen LogP contribution is -2.49. The van der Waals surface area contributed by atoms with Crippen molar-refractivity contribution >= 4 is 23.2 Å². The van der Waals surface area contributed by atoms with Crippen molar-refractivity contribution in [3.05, 3.63) is 57.3 Å². The summed E-state index contributed by atoms with van der Waals surface area (Å²) in [6.45, 7) is 4.06. The molecule has 6 heteroatoms. The van der Waals surface area contributed by atoms with Gasteiger partial charge in [-0.2, -0.15) is 0 Å². The highest BCUT2D eigenvalue weighted by Gasteiger charge is 2.32. The standard InChI is InChI=1S/C17H19N3O2S/c1-11-4-2-3-5-14(11)15-17(22)19-6-7-20(15)9-13-8-12(10-23-13)16(18)21/h2-5,8,10,15H,6-7,9H2,1H3,(H2,18,21)(H,19,22). The van der Waals surface area contributed by atoms with E-state index in [2.05, 4.69) is 10.2 Å². The highest BCUT2D eigenvalue weighted by molar-refractivity contribution is 7.10. The third-order valence-corrected chi connectivity index (χ3v) is 5.01. The Balaban J connectivity index is 1.87. The fraction of sp³-hybridized carbons (Fsp3) is 0.294. The Kier molecular flexibility index (Phi) is 4.45. The number of carbonyl (C=O) groups is 2. The molecule has 0 spiro atoms. The molecule has 0 aliphatic carbocycles. The Morgan fingerprint density at radius 1 is 1.43 bits per heavy atom. The van der Waals surface area contributed by atoms with Gasteiger partial charge >= 0.3 is 0 Å². The first kappa shape index (κ1) is 15.7. The lowest BCUT2D eigenvalue weighted by Gasteiger charge is -2.35. The molecule has 1 saturated heterocycles. The molecule has 120 valence electrons. The smallest absolute Gasteiger partial charge is 0.249 e. The van der Waals surface area contributed by atoms with Gasteiger partial charge in [-0.25, -0.2) is 0 Å². The molecule has 23 heavy (non-hydrogen) atoms. The molecule has 2 heterocycles. The highest BCUT2D eigenvalue weighted by atomic mass is 32.1. The van der Waals surface area contributed by atoms with Gasteiger partial charge in [0.25, 0.3) is 0 Å². The number of benzene rings is 1. The summed E-state index contributed by atoms with van der Waals surface area (Å²) in [7, 11) is 0. The lowest BCUT2D eigenvalue weighted by molar-refractivity contribution is -0.129. The summed E-state index contributed by atoms with van der Waals surface area (Å²) >= 11 is 1.50. The number of aryl methyl sites for hydroxylation is 1. The molecule has 1 aliphatic heterocycles. The van der Waals surface area contributed by atoms with Crippen LogP contribution in [0.3, 0.4) is 0 Å². The van der Waals surface area contributed by atoms with Gasteiger partial charge in [-0.15, -0.1) is 11.3 Å². The van der Waals surface area contributed by atoms with Crippen LogP contribution in [0.2, 0.25) is 0 Å².